The van der Waals surface area contributed by atoms with Crippen molar-refractivity contribution in [1.29, 1.82) is 0 Å². The van der Waals surface area contributed by atoms with Gasteiger partial charge in [-0.05, 0) is 19.1 Å². The summed E-state index contributed by atoms with van der Waals surface area (Å²) in [6.45, 7) is 1.57. The molecule has 0 aliphatic carbocycles. The second kappa shape index (κ2) is 3.59. The van der Waals surface area contributed by atoms with Crippen LogP contribution in [0.25, 0.3) is 0 Å². The molecule has 0 fully saturated rings. The summed E-state index contributed by atoms with van der Waals surface area (Å²) in [6.07, 6.45) is 0.0352. The third kappa shape index (κ3) is 1.51. The first-order valence-electron chi connectivity index (χ1n) is 5.04. The van der Waals surface area contributed by atoms with E-state index in [1.807, 2.05) is 0 Å². The predicted molar refractivity (Wildman–Crippen MR) is 61.1 cm³/mol. The highest BCUT2D eigenvalue weighted by Gasteiger charge is 2.34. The van der Waals surface area contributed by atoms with E-state index >= 15 is 0 Å². The van der Waals surface area contributed by atoms with Crippen LogP contribution in [-0.4, -0.2) is 26.6 Å². The van der Waals surface area contributed by atoms with Gasteiger partial charge in [-0.3, -0.25) is 4.79 Å². The van der Waals surface area contributed by atoms with Crippen LogP contribution in [0.1, 0.15) is 13.3 Å². The molecule has 5 heteroatoms. The fourth-order valence-electron chi connectivity index (χ4n) is 1.82. The summed E-state index contributed by atoms with van der Waals surface area (Å²) < 4.78 is 24.3. The van der Waals surface area contributed by atoms with Crippen LogP contribution in [0.2, 0.25) is 0 Å². The summed E-state index contributed by atoms with van der Waals surface area (Å²) in [4.78, 5) is 13.4. The third-order valence-corrected chi connectivity index (χ3v) is 5.08. The van der Waals surface area contributed by atoms with E-state index in [2.05, 4.69) is 0 Å². The standard InChI is InChI=1S/C11H13NO3S/c1-8-7-11(13)12(2)9-5-3-4-6-10(9)16(8,14)15/h3-6,8H,7H2,1-2H3. The minimum atomic E-state index is -3.39. The maximum Gasteiger partial charge on any atom is 0.228 e. The fourth-order valence-corrected chi connectivity index (χ4v) is 3.38. The molecule has 1 aliphatic heterocycles. The Morgan fingerprint density at radius 1 is 1.31 bits per heavy atom. The highest BCUT2D eigenvalue weighted by atomic mass is 32.2. The Balaban J connectivity index is 2.74. The summed E-state index contributed by atoms with van der Waals surface area (Å²) >= 11 is 0. The van der Waals surface area contributed by atoms with E-state index in [9.17, 15) is 13.2 Å². The molecule has 0 aromatic heterocycles. The lowest BCUT2D eigenvalue weighted by Gasteiger charge is -2.15. The Hall–Kier alpha value is -1.36. The van der Waals surface area contributed by atoms with Crippen LogP contribution in [0.3, 0.4) is 0 Å². The van der Waals surface area contributed by atoms with Crippen molar-refractivity contribution in [2.45, 2.75) is 23.5 Å². The first-order valence-corrected chi connectivity index (χ1v) is 6.58. The molecule has 1 amide bonds. The molecular formula is C11H13NO3S. The normalized spacial score (nSPS) is 23.8. The van der Waals surface area contributed by atoms with Gasteiger partial charge in [0.1, 0.15) is 0 Å². The van der Waals surface area contributed by atoms with Crippen LogP contribution in [0.4, 0.5) is 5.69 Å². The zero-order chi connectivity index (χ0) is 11.9. The monoisotopic (exact) mass is 239 g/mol. The summed E-state index contributed by atoms with van der Waals surface area (Å²) in [5, 5.41) is -0.661. The number of hydrogen-bond acceptors (Lipinski definition) is 3. The Labute approximate surface area is 94.8 Å². The van der Waals surface area contributed by atoms with Crippen LogP contribution in [0.5, 0.6) is 0 Å². The number of rotatable bonds is 0. The molecule has 0 N–H and O–H groups in total. The number of fused-ring (bicyclic) bond motifs is 1. The number of carbonyl (C=O) groups is 1. The average molecular weight is 239 g/mol. The molecule has 1 aliphatic rings. The summed E-state index contributed by atoms with van der Waals surface area (Å²) in [7, 11) is -1.78. The molecular weight excluding hydrogens is 226 g/mol. The molecule has 1 unspecified atom stereocenters. The fraction of sp³-hybridized carbons (Fsp3) is 0.364. The van der Waals surface area contributed by atoms with Crippen molar-refractivity contribution in [2.24, 2.45) is 0 Å². The summed E-state index contributed by atoms with van der Waals surface area (Å²) in [5.41, 5.74) is 0.469. The quantitative estimate of drug-likeness (QED) is 0.684. The van der Waals surface area contributed by atoms with Crippen molar-refractivity contribution in [3.63, 3.8) is 0 Å². The van der Waals surface area contributed by atoms with Gasteiger partial charge in [-0.2, -0.15) is 0 Å². The lowest BCUT2D eigenvalue weighted by Crippen LogP contribution is -2.27. The Morgan fingerprint density at radius 2 is 1.94 bits per heavy atom. The van der Waals surface area contributed by atoms with Gasteiger partial charge in [0.25, 0.3) is 0 Å². The van der Waals surface area contributed by atoms with Crippen LogP contribution in [0.15, 0.2) is 29.2 Å². The van der Waals surface area contributed by atoms with E-state index < -0.39 is 15.1 Å². The zero-order valence-corrected chi connectivity index (χ0v) is 9.99. The lowest BCUT2D eigenvalue weighted by atomic mass is 10.2. The van der Waals surface area contributed by atoms with Crippen LogP contribution < -0.4 is 4.90 Å². The van der Waals surface area contributed by atoms with Crippen molar-refractivity contribution in [3.05, 3.63) is 24.3 Å². The Morgan fingerprint density at radius 3 is 2.62 bits per heavy atom. The molecule has 0 spiro atoms. The van der Waals surface area contributed by atoms with Crippen molar-refractivity contribution in [1.82, 2.24) is 0 Å². The Kier molecular flexibility index (Phi) is 2.50. The van der Waals surface area contributed by atoms with Crippen LogP contribution in [0, 0.1) is 0 Å². The lowest BCUT2D eigenvalue weighted by molar-refractivity contribution is -0.118. The van der Waals surface area contributed by atoms with E-state index in [4.69, 9.17) is 0 Å². The first kappa shape index (κ1) is 11.1. The topological polar surface area (TPSA) is 54.5 Å². The maximum atomic E-state index is 12.1. The summed E-state index contributed by atoms with van der Waals surface area (Å²) in [6, 6.07) is 6.61. The molecule has 86 valence electrons. The van der Waals surface area contributed by atoms with Gasteiger partial charge in [0.2, 0.25) is 5.91 Å². The van der Waals surface area contributed by atoms with Gasteiger partial charge >= 0.3 is 0 Å². The van der Waals surface area contributed by atoms with Gasteiger partial charge in [-0.1, -0.05) is 12.1 Å². The molecule has 2 rings (SSSR count). The number of amides is 1. The number of para-hydroxylation sites is 1. The number of anilines is 1. The zero-order valence-electron chi connectivity index (χ0n) is 9.17. The second-order valence-electron chi connectivity index (χ2n) is 3.98. The highest BCUT2D eigenvalue weighted by Crippen LogP contribution is 2.32. The van der Waals surface area contributed by atoms with E-state index in [1.165, 1.54) is 4.90 Å². The highest BCUT2D eigenvalue weighted by molar-refractivity contribution is 7.92. The van der Waals surface area contributed by atoms with Gasteiger partial charge in [0.05, 0.1) is 15.8 Å². The second-order valence-corrected chi connectivity index (χ2v) is 6.31. The number of nitrogens with zero attached hydrogens (tertiary/aromatic N) is 1. The van der Waals surface area contributed by atoms with Crippen LogP contribution in [-0.2, 0) is 14.6 Å². The van der Waals surface area contributed by atoms with Crippen molar-refractivity contribution in [3.8, 4) is 0 Å². The number of benzene rings is 1. The van der Waals surface area contributed by atoms with E-state index in [0.717, 1.165) is 0 Å². The van der Waals surface area contributed by atoms with Gasteiger partial charge < -0.3 is 4.90 Å². The molecule has 0 saturated heterocycles. The number of sulfone groups is 1. The average Bonchev–Trinajstić information content (AvgIpc) is 2.32. The minimum Gasteiger partial charge on any atom is -0.314 e. The molecule has 1 atom stereocenters. The molecule has 4 nitrogen and oxygen atoms in total. The first-order chi connectivity index (χ1) is 7.44. The molecule has 1 aromatic rings. The van der Waals surface area contributed by atoms with Crippen LogP contribution >= 0.6 is 0 Å². The third-order valence-electron chi connectivity index (χ3n) is 2.90. The minimum absolute atomic E-state index is 0.0352. The largest absolute Gasteiger partial charge is 0.314 e. The molecule has 1 aromatic carbocycles. The van der Waals surface area contributed by atoms with Gasteiger partial charge in [-0.15, -0.1) is 0 Å². The maximum absolute atomic E-state index is 12.1. The van der Waals surface area contributed by atoms with Gasteiger partial charge in [0, 0.05) is 13.5 Å². The van der Waals surface area contributed by atoms with Crippen molar-refractivity contribution >= 4 is 21.4 Å². The van der Waals surface area contributed by atoms with E-state index in [1.54, 1.807) is 38.2 Å². The number of hydrogen-bond donors (Lipinski definition) is 0. The SMILES string of the molecule is CC1CC(=O)N(C)c2ccccc2S1(=O)=O. The molecule has 16 heavy (non-hydrogen) atoms. The van der Waals surface area contributed by atoms with Crippen molar-refractivity contribution < 1.29 is 13.2 Å². The van der Waals surface area contributed by atoms with E-state index in [-0.39, 0.29) is 17.2 Å². The number of carbonyl (C=O) groups excluding carboxylic acids is 1. The van der Waals surface area contributed by atoms with E-state index in [0.29, 0.717) is 5.69 Å². The predicted octanol–water partition coefficient (Wildman–Crippen LogP) is 1.22. The molecule has 0 radical (unpaired) electrons. The smallest absolute Gasteiger partial charge is 0.228 e. The van der Waals surface area contributed by atoms with Crippen molar-refractivity contribution in [2.75, 3.05) is 11.9 Å². The van der Waals surface area contributed by atoms with Gasteiger partial charge in [-0.25, -0.2) is 8.42 Å². The molecule has 0 saturated carbocycles. The molecule has 0 bridgehead atoms. The Bertz CT molecular complexity index is 536. The molecule has 1 heterocycles. The van der Waals surface area contributed by atoms with Gasteiger partial charge in [0.15, 0.2) is 9.84 Å². The summed E-state index contributed by atoms with van der Waals surface area (Å²) in [5.74, 6) is -0.166.